The van der Waals surface area contributed by atoms with Crippen LogP contribution in [0.5, 0.6) is 0 Å². The molecule has 0 saturated heterocycles. The molecule has 0 heterocycles. The van der Waals surface area contributed by atoms with Gasteiger partial charge in [0.15, 0.2) is 5.78 Å². The highest BCUT2D eigenvalue weighted by molar-refractivity contribution is 5.98. The molecule has 19 heavy (non-hydrogen) atoms. The van der Waals surface area contributed by atoms with Crippen LogP contribution >= 0.6 is 0 Å². The Kier molecular flexibility index (Phi) is 5.48. The quantitative estimate of drug-likeness (QED) is 0.327. The summed E-state index contributed by atoms with van der Waals surface area (Å²) >= 11 is 0. The summed E-state index contributed by atoms with van der Waals surface area (Å²) in [4.78, 5) is 23.8. The van der Waals surface area contributed by atoms with Crippen LogP contribution in [0.1, 0.15) is 43.5 Å². The van der Waals surface area contributed by atoms with Crippen molar-refractivity contribution >= 4 is 17.2 Å². The maximum Gasteiger partial charge on any atom is 0.282 e. The molecule has 1 aromatic rings. The van der Waals surface area contributed by atoms with Crippen LogP contribution in [0.25, 0.3) is 0 Å². The molecule has 0 unspecified atom stereocenters. The van der Waals surface area contributed by atoms with E-state index in [9.17, 15) is 14.9 Å². The highest BCUT2D eigenvalue weighted by Crippen LogP contribution is 2.25. The number of nitro benzene ring substituents is 1. The van der Waals surface area contributed by atoms with Crippen LogP contribution < -0.4 is 4.90 Å². The van der Waals surface area contributed by atoms with Gasteiger partial charge >= 0.3 is 0 Å². The average Bonchev–Trinajstić information content (AvgIpc) is 2.38. The second kappa shape index (κ2) is 6.87. The number of rotatable bonds is 7. The van der Waals surface area contributed by atoms with E-state index in [1.165, 1.54) is 19.1 Å². The predicted molar refractivity (Wildman–Crippen MR) is 75.9 cm³/mol. The molecule has 0 N–H and O–H groups in total. The molecule has 5 heteroatoms. The van der Waals surface area contributed by atoms with Gasteiger partial charge in [0.2, 0.25) is 0 Å². The van der Waals surface area contributed by atoms with Crippen LogP contribution in [0.2, 0.25) is 0 Å². The number of hydrogen-bond donors (Lipinski definition) is 0. The summed E-state index contributed by atoms with van der Waals surface area (Å²) in [6, 6.07) is 4.77. The van der Waals surface area contributed by atoms with Gasteiger partial charge in [0, 0.05) is 25.3 Å². The van der Waals surface area contributed by atoms with E-state index in [1.54, 1.807) is 6.07 Å². The third-order valence-electron chi connectivity index (χ3n) is 3.10. The summed E-state index contributed by atoms with van der Waals surface area (Å²) in [7, 11) is 1.90. The molecular weight excluding hydrogens is 244 g/mol. The van der Waals surface area contributed by atoms with Crippen molar-refractivity contribution in [3.63, 3.8) is 0 Å². The number of Topliss-reactive ketones (excluding diaryl/α,β-unsaturated/α-hetero) is 1. The molecule has 0 aromatic heterocycles. The molecule has 0 saturated carbocycles. The topological polar surface area (TPSA) is 63.5 Å². The van der Waals surface area contributed by atoms with E-state index in [1.807, 2.05) is 11.9 Å². The maximum absolute atomic E-state index is 11.3. The Labute approximate surface area is 113 Å². The smallest absolute Gasteiger partial charge is 0.282 e. The fourth-order valence-corrected chi connectivity index (χ4v) is 1.93. The second-order valence-corrected chi connectivity index (χ2v) is 4.64. The number of carbonyl (C=O) groups excluding carboxylic acids is 1. The zero-order valence-corrected chi connectivity index (χ0v) is 11.7. The molecule has 0 bridgehead atoms. The van der Waals surface area contributed by atoms with E-state index in [2.05, 4.69) is 6.92 Å². The molecule has 104 valence electrons. The molecule has 0 amide bonds. The zero-order chi connectivity index (χ0) is 14.4. The van der Waals surface area contributed by atoms with Gasteiger partial charge in [-0.2, -0.15) is 0 Å². The molecule has 0 aliphatic rings. The van der Waals surface area contributed by atoms with Crippen LogP contribution in [-0.4, -0.2) is 24.3 Å². The summed E-state index contributed by atoms with van der Waals surface area (Å²) in [6.07, 6.45) is 3.32. The molecule has 1 rings (SSSR count). The predicted octanol–water partition coefficient (Wildman–Crippen LogP) is 3.42. The van der Waals surface area contributed by atoms with Gasteiger partial charge < -0.3 is 4.90 Å². The Morgan fingerprint density at radius 3 is 2.58 bits per heavy atom. The minimum atomic E-state index is -0.500. The number of hydrogen-bond acceptors (Lipinski definition) is 4. The van der Waals surface area contributed by atoms with Crippen LogP contribution in [0.4, 0.5) is 11.4 Å². The Bertz CT molecular complexity index is 472. The molecule has 1 aromatic carbocycles. The summed E-state index contributed by atoms with van der Waals surface area (Å²) in [5, 5.41) is 11.0. The number of nitrogens with zero attached hydrogens (tertiary/aromatic N) is 2. The lowest BCUT2D eigenvalue weighted by Gasteiger charge is -2.19. The maximum atomic E-state index is 11.3. The molecule has 0 aliphatic heterocycles. The molecule has 0 fully saturated rings. The van der Waals surface area contributed by atoms with Crippen LogP contribution in [0.3, 0.4) is 0 Å². The van der Waals surface area contributed by atoms with E-state index in [4.69, 9.17) is 0 Å². The Morgan fingerprint density at radius 2 is 2.05 bits per heavy atom. The fourth-order valence-electron chi connectivity index (χ4n) is 1.93. The van der Waals surface area contributed by atoms with E-state index >= 15 is 0 Å². The summed E-state index contributed by atoms with van der Waals surface area (Å²) in [5.41, 5.74) is 0.816. The molecule has 0 spiro atoms. The Hall–Kier alpha value is -1.91. The van der Waals surface area contributed by atoms with Crippen molar-refractivity contribution in [1.82, 2.24) is 0 Å². The second-order valence-electron chi connectivity index (χ2n) is 4.64. The van der Waals surface area contributed by atoms with Gasteiger partial charge in [-0.05, 0) is 25.5 Å². The van der Waals surface area contributed by atoms with E-state index < -0.39 is 4.92 Å². The Morgan fingerprint density at radius 1 is 1.37 bits per heavy atom. The molecule has 0 aliphatic carbocycles. The monoisotopic (exact) mass is 264 g/mol. The molecular formula is C14H20N2O3. The lowest BCUT2D eigenvalue weighted by molar-refractivity contribution is -0.385. The Balaban J connectivity index is 2.95. The van der Waals surface area contributed by atoms with Crippen molar-refractivity contribution in [2.45, 2.75) is 33.1 Å². The number of nitro groups is 1. The van der Waals surface area contributed by atoms with Crippen LogP contribution in [0.15, 0.2) is 18.2 Å². The third kappa shape index (κ3) is 4.05. The van der Waals surface area contributed by atoms with Gasteiger partial charge in [-0.1, -0.05) is 19.8 Å². The molecule has 5 nitrogen and oxygen atoms in total. The summed E-state index contributed by atoms with van der Waals surface area (Å²) in [6.45, 7) is 4.32. The van der Waals surface area contributed by atoms with Crippen molar-refractivity contribution < 1.29 is 9.72 Å². The first-order valence-corrected chi connectivity index (χ1v) is 6.48. The third-order valence-corrected chi connectivity index (χ3v) is 3.10. The van der Waals surface area contributed by atoms with Gasteiger partial charge in [-0.25, -0.2) is 0 Å². The van der Waals surface area contributed by atoms with Gasteiger partial charge in [0.25, 0.3) is 5.69 Å². The lowest BCUT2D eigenvalue weighted by Crippen LogP contribution is -2.18. The first-order chi connectivity index (χ1) is 8.97. The number of anilines is 1. The number of carbonyl (C=O) groups is 1. The van der Waals surface area contributed by atoms with Crippen molar-refractivity contribution in [2.75, 3.05) is 18.5 Å². The summed E-state index contributed by atoms with van der Waals surface area (Å²) < 4.78 is 0. The van der Waals surface area contributed by atoms with Gasteiger partial charge in [0.1, 0.15) is 0 Å². The average molecular weight is 264 g/mol. The standard InChI is InChI=1S/C14H20N2O3/c1-4-5-6-9-15(3)12-7-8-13(11(2)17)14(10-12)16(18)19/h7-8,10H,4-6,9H2,1-3H3. The number of unbranched alkanes of at least 4 members (excludes halogenated alkanes) is 2. The number of ketones is 1. The van der Waals surface area contributed by atoms with Crippen molar-refractivity contribution in [3.05, 3.63) is 33.9 Å². The van der Waals surface area contributed by atoms with Crippen molar-refractivity contribution in [3.8, 4) is 0 Å². The van der Waals surface area contributed by atoms with Crippen LogP contribution in [-0.2, 0) is 0 Å². The first kappa shape index (κ1) is 15.1. The van der Waals surface area contributed by atoms with Crippen LogP contribution in [0, 0.1) is 10.1 Å². The van der Waals surface area contributed by atoms with E-state index in [0.29, 0.717) is 0 Å². The minimum absolute atomic E-state index is 0.118. The normalized spacial score (nSPS) is 10.3. The van der Waals surface area contributed by atoms with Crippen molar-refractivity contribution in [2.24, 2.45) is 0 Å². The van der Waals surface area contributed by atoms with Crippen molar-refractivity contribution in [1.29, 1.82) is 0 Å². The largest absolute Gasteiger partial charge is 0.374 e. The molecule has 0 atom stereocenters. The van der Waals surface area contributed by atoms with Gasteiger partial charge in [0.05, 0.1) is 10.5 Å². The highest BCUT2D eigenvalue weighted by Gasteiger charge is 2.18. The lowest BCUT2D eigenvalue weighted by atomic mass is 10.1. The first-order valence-electron chi connectivity index (χ1n) is 6.48. The minimum Gasteiger partial charge on any atom is -0.374 e. The number of benzene rings is 1. The highest BCUT2D eigenvalue weighted by atomic mass is 16.6. The fraction of sp³-hybridized carbons (Fsp3) is 0.500. The van der Waals surface area contributed by atoms with E-state index in [-0.39, 0.29) is 17.0 Å². The van der Waals surface area contributed by atoms with Gasteiger partial charge in [-0.3, -0.25) is 14.9 Å². The molecule has 0 radical (unpaired) electrons. The zero-order valence-electron chi connectivity index (χ0n) is 11.7. The van der Waals surface area contributed by atoms with E-state index in [0.717, 1.165) is 31.5 Å². The van der Waals surface area contributed by atoms with Gasteiger partial charge in [-0.15, -0.1) is 0 Å². The summed E-state index contributed by atoms with van der Waals surface area (Å²) in [5.74, 6) is -0.285. The SMILES string of the molecule is CCCCCN(C)c1ccc(C(C)=O)c([N+](=O)[O-])c1.